The smallest absolute Gasteiger partial charge is 0.173 e. The number of nitrogens with two attached hydrogens (primary N) is 1. The fourth-order valence-electron chi connectivity index (χ4n) is 6.98. The van der Waals surface area contributed by atoms with Crippen LogP contribution in [-0.4, -0.2) is 0 Å². The van der Waals surface area contributed by atoms with Gasteiger partial charge < -0.3 is 5.73 Å². The molecule has 0 saturated heterocycles. The van der Waals surface area contributed by atoms with Gasteiger partial charge in [-0.15, -0.1) is 0 Å². The molecule has 0 aliphatic carbocycles. The third kappa shape index (κ3) is 6.63. The van der Waals surface area contributed by atoms with Crippen LogP contribution in [0.4, 0.5) is 0 Å². The molecule has 0 radical (unpaired) electrons. The topological polar surface area (TPSA) is 49.8 Å². The van der Waals surface area contributed by atoms with Gasteiger partial charge in [0, 0.05) is 5.41 Å². The van der Waals surface area contributed by atoms with E-state index in [1.807, 2.05) is 13.0 Å². The average molecular weight is 645 g/mol. The van der Waals surface area contributed by atoms with Crippen LogP contribution in [0.25, 0.3) is 49.7 Å². The van der Waals surface area contributed by atoms with E-state index in [0.29, 0.717) is 0 Å². The van der Waals surface area contributed by atoms with Crippen molar-refractivity contribution in [1.82, 2.24) is 0 Å². The van der Waals surface area contributed by atoms with Crippen molar-refractivity contribution in [2.24, 2.45) is 5.73 Å². The standard InChI is InChI=1S/C47H38.CH2N2/c1-4-17-34(2)38-20-16-21-39(32-38)35-28-30-37(31-29-35)46-43-27-15-14-26-42(43)44(36-18-8-5-9-19-36)33-45(46)47(3,40-22-10-6-11-23-40)41-24-12-7-13-25-41;2-1-3/h4-33H,2H2,1,3H3;2H2/b17-4-;. The molecule has 0 aliphatic rings. The van der Waals surface area contributed by atoms with E-state index in [0.717, 1.165) is 11.1 Å². The number of rotatable bonds is 8. The minimum absolute atomic E-state index is 0.425. The first kappa shape index (κ1) is 33.5. The summed E-state index contributed by atoms with van der Waals surface area (Å²) in [7, 11) is 0. The van der Waals surface area contributed by atoms with Crippen LogP contribution in [0.3, 0.4) is 0 Å². The highest BCUT2D eigenvalue weighted by molar-refractivity contribution is 6.07. The molecule has 0 spiro atoms. The summed E-state index contributed by atoms with van der Waals surface area (Å²) in [5.41, 5.74) is 17.0. The zero-order valence-corrected chi connectivity index (χ0v) is 28.6. The van der Waals surface area contributed by atoms with Crippen molar-refractivity contribution in [2.75, 3.05) is 0 Å². The molecule has 0 bridgehead atoms. The van der Waals surface area contributed by atoms with E-state index in [9.17, 15) is 0 Å². The maximum absolute atomic E-state index is 7.10. The normalized spacial score (nSPS) is 11.1. The highest BCUT2D eigenvalue weighted by atomic mass is 14.5. The number of nitrogens with zero attached hydrogens (tertiary/aromatic N) is 1. The molecule has 50 heavy (non-hydrogen) atoms. The van der Waals surface area contributed by atoms with E-state index >= 15 is 0 Å². The first-order valence-corrected chi connectivity index (χ1v) is 16.8. The van der Waals surface area contributed by atoms with Gasteiger partial charge in [0.2, 0.25) is 0 Å². The summed E-state index contributed by atoms with van der Waals surface area (Å²) in [6.07, 6.45) is 5.35. The summed E-state index contributed by atoms with van der Waals surface area (Å²) >= 11 is 0. The van der Waals surface area contributed by atoms with Gasteiger partial charge in [-0.3, -0.25) is 0 Å². The highest BCUT2D eigenvalue weighted by Crippen LogP contribution is 2.48. The second-order valence-corrected chi connectivity index (χ2v) is 12.4. The van der Waals surface area contributed by atoms with Crippen LogP contribution in [0.5, 0.6) is 0 Å². The third-order valence-electron chi connectivity index (χ3n) is 9.48. The lowest BCUT2D eigenvalue weighted by Gasteiger charge is -2.35. The van der Waals surface area contributed by atoms with Crippen LogP contribution in [0.1, 0.15) is 36.1 Å². The van der Waals surface area contributed by atoms with Crippen LogP contribution in [0, 0.1) is 11.5 Å². The van der Waals surface area contributed by atoms with Crippen LogP contribution >= 0.6 is 0 Å². The van der Waals surface area contributed by atoms with Gasteiger partial charge in [0.15, 0.2) is 6.19 Å². The first-order valence-electron chi connectivity index (χ1n) is 16.8. The summed E-state index contributed by atoms with van der Waals surface area (Å²) in [5.74, 6) is 0. The van der Waals surface area contributed by atoms with E-state index < -0.39 is 5.41 Å². The SMILES string of the molecule is C=C(/C=C\C)c1cccc(-c2ccc(-c3c(C(C)(c4ccccc4)c4ccccc4)cc(-c4ccccc4)c4ccccc34)cc2)c1.N#CN. The molecule has 2 heteroatoms. The van der Waals surface area contributed by atoms with Gasteiger partial charge in [-0.1, -0.05) is 176 Å². The second kappa shape index (κ2) is 15.2. The second-order valence-electron chi connectivity index (χ2n) is 12.4. The molecule has 0 atom stereocenters. The fourth-order valence-corrected chi connectivity index (χ4v) is 6.98. The van der Waals surface area contributed by atoms with Gasteiger partial charge in [-0.05, 0) is 98.0 Å². The summed E-state index contributed by atoms with van der Waals surface area (Å²) in [6, 6.07) is 61.8. The quantitative estimate of drug-likeness (QED) is 0.0774. The number of hydrogen-bond donors (Lipinski definition) is 1. The van der Waals surface area contributed by atoms with Crippen molar-refractivity contribution < 1.29 is 0 Å². The lowest BCUT2D eigenvalue weighted by molar-refractivity contribution is 0.695. The number of allylic oxidation sites excluding steroid dienone is 3. The van der Waals surface area contributed by atoms with E-state index in [1.54, 1.807) is 0 Å². The molecule has 2 nitrogen and oxygen atoms in total. The van der Waals surface area contributed by atoms with Gasteiger partial charge in [-0.2, -0.15) is 5.26 Å². The zero-order chi connectivity index (χ0) is 34.9. The first-order chi connectivity index (χ1) is 24.5. The molecule has 0 heterocycles. The van der Waals surface area contributed by atoms with Gasteiger partial charge >= 0.3 is 0 Å². The molecule has 0 fully saturated rings. The minimum atomic E-state index is -0.425. The lowest BCUT2D eigenvalue weighted by Crippen LogP contribution is -2.26. The highest BCUT2D eigenvalue weighted by Gasteiger charge is 2.35. The summed E-state index contributed by atoms with van der Waals surface area (Å²) in [6.45, 7) is 8.67. The summed E-state index contributed by atoms with van der Waals surface area (Å²) < 4.78 is 0. The molecule has 242 valence electrons. The van der Waals surface area contributed by atoms with Gasteiger partial charge in [0.05, 0.1) is 0 Å². The molecule has 7 aromatic carbocycles. The summed E-state index contributed by atoms with van der Waals surface area (Å²) in [4.78, 5) is 0. The largest absolute Gasteiger partial charge is 0.337 e. The third-order valence-corrected chi connectivity index (χ3v) is 9.48. The molecular weight excluding hydrogens is 605 g/mol. The maximum Gasteiger partial charge on any atom is 0.173 e. The molecule has 0 saturated carbocycles. The molecule has 7 rings (SSSR count). The van der Waals surface area contributed by atoms with Crippen LogP contribution in [0.15, 0.2) is 189 Å². The van der Waals surface area contributed by atoms with E-state index in [4.69, 9.17) is 5.26 Å². The van der Waals surface area contributed by atoms with Crippen molar-refractivity contribution in [3.8, 4) is 39.6 Å². The maximum atomic E-state index is 7.10. The van der Waals surface area contributed by atoms with Crippen molar-refractivity contribution >= 4 is 16.3 Å². The molecule has 2 N–H and O–H groups in total. The van der Waals surface area contributed by atoms with Crippen LogP contribution in [0.2, 0.25) is 0 Å². The van der Waals surface area contributed by atoms with Crippen molar-refractivity contribution in [1.29, 1.82) is 5.26 Å². The van der Waals surface area contributed by atoms with Gasteiger partial charge in [-0.25, -0.2) is 0 Å². The number of benzene rings is 7. The zero-order valence-electron chi connectivity index (χ0n) is 28.6. The van der Waals surface area contributed by atoms with Gasteiger partial charge in [0.25, 0.3) is 0 Å². The minimum Gasteiger partial charge on any atom is -0.337 e. The van der Waals surface area contributed by atoms with E-state index in [1.165, 1.54) is 67.0 Å². The molecule has 0 aromatic heterocycles. The molecule has 7 aromatic rings. The molecule has 0 unspecified atom stereocenters. The summed E-state index contributed by atoms with van der Waals surface area (Å²) in [5, 5.41) is 9.60. The monoisotopic (exact) mass is 644 g/mol. The Morgan fingerprint density at radius 1 is 0.600 bits per heavy atom. The number of nitriles is 1. The molecular formula is C48H40N2. The van der Waals surface area contributed by atoms with Gasteiger partial charge in [0.1, 0.15) is 0 Å². The van der Waals surface area contributed by atoms with E-state index in [2.05, 4.69) is 195 Å². The van der Waals surface area contributed by atoms with Crippen molar-refractivity contribution in [3.05, 3.63) is 211 Å². The van der Waals surface area contributed by atoms with Crippen LogP contribution in [-0.2, 0) is 5.41 Å². The number of hydrogen-bond acceptors (Lipinski definition) is 2. The van der Waals surface area contributed by atoms with Crippen LogP contribution < -0.4 is 5.73 Å². The molecule has 0 aliphatic heterocycles. The Kier molecular flexibility index (Phi) is 10.2. The Labute approximate surface area is 296 Å². The van der Waals surface area contributed by atoms with E-state index in [-0.39, 0.29) is 0 Å². The lowest BCUT2D eigenvalue weighted by atomic mass is 9.67. The number of fused-ring (bicyclic) bond motifs is 1. The van der Waals surface area contributed by atoms with Crippen molar-refractivity contribution in [2.45, 2.75) is 19.3 Å². The Morgan fingerprint density at radius 2 is 1.10 bits per heavy atom. The molecule has 0 amide bonds. The Hall–Kier alpha value is -6.43. The Balaban J connectivity index is 0.00000139. The Bertz CT molecular complexity index is 2250. The fraction of sp³-hybridized carbons (Fsp3) is 0.0625. The van der Waals surface area contributed by atoms with Crippen molar-refractivity contribution in [3.63, 3.8) is 0 Å². The predicted molar refractivity (Wildman–Crippen MR) is 212 cm³/mol. The average Bonchev–Trinajstić information content (AvgIpc) is 3.18. The predicted octanol–water partition coefficient (Wildman–Crippen LogP) is 12.2. The Morgan fingerprint density at radius 3 is 1.68 bits per heavy atom.